The number of ketones is 2. The number of urea groups is 1. The number of nitrogens with zero attached hydrogens (tertiary/aromatic N) is 2. The summed E-state index contributed by atoms with van der Waals surface area (Å²) in [6, 6.07) is 2.11. The van der Waals surface area contributed by atoms with E-state index in [0.717, 1.165) is 50.5 Å². The number of hydrogen-bond donors (Lipinski definition) is 1. The molecule has 0 aliphatic heterocycles. The summed E-state index contributed by atoms with van der Waals surface area (Å²) >= 11 is 0. The Hall–Kier alpha value is -2.42. The topological polar surface area (TPSA) is 90.3 Å². The van der Waals surface area contributed by atoms with Crippen molar-refractivity contribution in [1.82, 2.24) is 10.2 Å². The average molecular weight is 534 g/mol. The second-order valence-electron chi connectivity index (χ2n) is 15.7. The lowest BCUT2D eigenvalue weighted by Gasteiger charge is -2.69. The Bertz CT molecular complexity index is 1250. The van der Waals surface area contributed by atoms with Crippen molar-refractivity contribution in [2.24, 2.45) is 44.8 Å². The van der Waals surface area contributed by atoms with E-state index in [0.29, 0.717) is 0 Å². The van der Waals surface area contributed by atoms with Crippen LogP contribution in [-0.2, 0) is 9.59 Å². The minimum absolute atomic E-state index is 0.0394. The van der Waals surface area contributed by atoms with Gasteiger partial charge in [0.05, 0.1) is 5.57 Å². The van der Waals surface area contributed by atoms with Gasteiger partial charge in [0.1, 0.15) is 6.07 Å². The molecule has 3 saturated carbocycles. The number of hydrogen-bond acceptors (Lipinski definition) is 4. The quantitative estimate of drug-likeness (QED) is 0.433. The molecular weight excluding hydrogens is 486 g/mol. The third-order valence-electron chi connectivity index (χ3n) is 12.6. The molecule has 2 amide bonds. The predicted molar refractivity (Wildman–Crippen MR) is 151 cm³/mol. The number of carbonyl (C=O) groups excluding carboxylic acids is 3. The molecule has 3 fully saturated rings. The number of amides is 2. The molecule has 39 heavy (non-hydrogen) atoms. The van der Waals surface area contributed by atoms with E-state index in [2.05, 4.69) is 46.0 Å². The molecule has 5 aliphatic rings. The van der Waals surface area contributed by atoms with E-state index >= 15 is 0 Å². The number of nitrogens with one attached hydrogen (secondary N) is 1. The van der Waals surface area contributed by atoms with Crippen LogP contribution < -0.4 is 5.32 Å². The highest BCUT2D eigenvalue weighted by molar-refractivity contribution is 6.04. The third-order valence-corrected chi connectivity index (χ3v) is 12.6. The normalized spacial score (nSPS) is 43.8. The zero-order valence-corrected chi connectivity index (χ0v) is 25.5. The highest BCUT2D eigenvalue weighted by atomic mass is 16.2. The summed E-state index contributed by atoms with van der Waals surface area (Å²) in [6.07, 6.45) is 10.2. The number of carbonyl (C=O) groups is 3. The van der Waals surface area contributed by atoms with Crippen molar-refractivity contribution in [1.29, 1.82) is 5.26 Å². The number of fused-ring (bicyclic) bond motifs is 7. The van der Waals surface area contributed by atoms with Gasteiger partial charge in [-0.3, -0.25) is 9.59 Å². The van der Waals surface area contributed by atoms with Crippen LogP contribution in [0.3, 0.4) is 0 Å². The Morgan fingerprint density at radius 2 is 1.64 bits per heavy atom. The van der Waals surface area contributed by atoms with Crippen LogP contribution >= 0.6 is 0 Å². The molecule has 6 nitrogen and oxygen atoms in total. The van der Waals surface area contributed by atoms with Crippen LogP contribution in [0.25, 0.3) is 0 Å². The van der Waals surface area contributed by atoms with Gasteiger partial charge in [0.15, 0.2) is 11.6 Å². The van der Waals surface area contributed by atoms with Crippen molar-refractivity contribution in [3.05, 3.63) is 23.3 Å². The fourth-order valence-corrected chi connectivity index (χ4v) is 10.2. The minimum atomic E-state index is -0.664. The highest BCUT2D eigenvalue weighted by Crippen LogP contribution is 2.73. The highest BCUT2D eigenvalue weighted by Gasteiger charge is 2.70. The summed E-state index contributed by atoms with van der Waals surface area (Å²) in [5.41, 5.74) is -0.658. The zero-order valence-electron chi connectivity index (χ0n) is 25.5. The van der Waals surface area contributed by atoms with Crippen LogP contribution in [0.2, 0.25) is 0 Å². The lowest BCUT2D eigenvalue weighted by molar-refractivity contribution is -0.160. The minimum Gasteiger partial charge on any atom is -0.332 e. The summed E-state index contributed by atoms with van der Waals surface area (Å²) in [5.74, 6) is 0.00860. The number of allylic oxidation sites excluding steroid dienone is 4. The molecule has 0 aromatic carbocycles. The van der Waals surface area contributed by atoms with E-state index in [-0.39, 0.29) is 62.7 Å². The molecule has 5 rings (SSSR count). The van der Waals surface area contributed by atoms with Crippen LogP contribution in [-0.4, -0.2) is 42.1 Å². The second kappa shape index (κ2) is 8.30. The van der Waals surface area contributed by atoms with Gasteiger partial charge in [-0.05, 0) is 79.1 Å². The Balaban J connectivity index is 1.67. The molecule has 0 aromatic rings. The molecule has 7 atom stereocenters. The van der Waals surface area contributed by atoms with Crippen molar-refractivity contribution in [3.8, 4) is 6.07 Å². The van der Waals surface area contributed by atoms with Crippen LogP contribution in [0.5, 0.6) is 0 Å². The summed E-state index contributed by atoms with van der Waals surface area (Å²) < 4.78 is 0. The number of nitriles is 1. The van der Waals surface area contributed by atoms with Gasteiger partial charge in [-0.2, -0.15) is 5.26 Å². The first-order chi connectivity index (χ1) is 17.9. The third kappa shape index (κ3) is 3.60. The lowest BCUT2D eigenvalue weighted by Crippen LogP contribution is -2.70. The van der Waals surface area contributed by atoms with E-state index in [1.54, 1.807) is 19.0 Å². The first kappa shape index (κ1) is 28.1. The van der Waals surface area contributed by atoms with Gasteiger partial charge in [0.2, 0.25) is 0 Å². The summed E-state index contributed by atoms with van der Waals surface area (Å²) in [6.45, 7) is 15.4. The monoisotopic (exact) mass is 533 g/mol. The van der Waals surface area contributed by atoms with Crippen LogP contribution in [0.15, 0.2) is 23.3 Å². The van der Waals surface area contributed by atoms with E-state index in [1.807, 2.05) is 26.0 Å². The maximum absolute atomic E-state index is 14.5. The molecule has 5 aliphatic carbocycles. The first-order valence-electron chi connectivity index (χ1n) is 14.8. The molecule has 212 valence electrons. The van der Waals surface area contributed by atoms with E-state index in [9.17, 15) is 19.6 Å². The molecule has 0 aromatic heterocycles. The molecular formula is C33H47N3O3. The molecule has 0 bridgehead atoms. The van der Waals surface area contributed by atoms with Gasteiger partial charge in [0.25, 0.3) is 0 Å². The maximum atomic E-state index is 14.5. The zero-order chi connectivity index (χ0) is 29.0. The van der Waals surface area contributed by atoms with Gasteiger partial charge in [-0.1, -0.05) is 60.1 Å². The Morgan fingerprint density at radius 3 is 2.26 bits per heavy atom. The van der Waals surface area contributed by atoms with Crippen LogP contribution in [0, 0.1) is 56.2 Å². The average Bonchev–Trinajstić information content (AvgIpc) is 2.83. The number of rotatable bonds is 1. The molecule has 0 radical (unpaired) electrons. The van der Waals surface area contributed by atoms with Gasteiger partial charge in [0, 0.05) is 36.4 Å². The fraction of sp³-hybridized carbons (Fsp3) is 0.758. The SMILES string of the molecule is CN(C)C(=O)N[C@]12CCC(C)(C)CC1C1C(=O)C=C3[C@@]4(C)C=C(C#N)C(=O)C(C)(C)[C@@H]4CC[C@@]3(C)[C@]1(C)CC2. The predicted octanol–water partition coefficient (Wildman–Crippen LogP) is 6.23. The van der Waals surface area contributed by atoms with Gasteiger partial charge >= 0.3 is 6.03 Å². The largest absolute Gasteiger partial charge is 0.332 e. The summed E-state index contributed by atoms with van der Waals surface area (Å²) in [5, 5.41) is 13.3. The fourth-order valence-electron chi connectivity index (χ4n) is 10.2. The molecule has 0 saturated heterocycles. The van der Waals surface area contributed by atoms with Gasteiger partial charge in [-0.25, -0.2) is 4.79 Å². The maximum Gasteiger partial charge on any atom is 0.317 e. The standard InChI is InChI=1S/C33H47N3O3/c1-28(2)12-14-33(35-27(39)36(8)9)15-13-32(7)25(21(33)18-28)22(37)16-24-30(5)17-20(19-34)26(38)29(3,4)23(30)10-11-31(24,32)6/h16-17,21,23,25H,10-15,18H2,1-9H3,(H,35,39)/t21?,23-,25?,30-,31+,32+,33-/m0/s1. The van der Waals surface area contributed by atoms with Crippen molar-refractivity contribution < 1.29 is 14.4 Å². The van der Waals surface area contributed by atoms with E-state index < -0.39 is 10.8 Å². The lowest BCUT2D eigenvalue weighted by atomic mass is 9.35. The molecule has 1 N–H and O–H groups in total. The summed E-state index contributed by atoms with van der Waals surface area (Å²) in [4.78, 5) is 42.4. The smallest absolute Gasteiger partial charge is 0.317 e. The van der Waals surface area contributed by atoms with Crippen molar-refractivity contribution >= 4 is 17.6 Å². The van der Waals surface area contributed by atoms with Crippen LogP contribution in [0.4, 0.5) is 4.79 Å². The van der Waals surface area contributed by atoms with Gasteiger partial charge in [-0.15, -0.1) is 0 Å². The molecule has 2 unspecified atom stereocenters. The number of Topliss-reactive ketones (excluding diaryl/α,β-unsaturated/α-hetero) is 1. The first-order valence-corrected chi connectivity index (χ1v) is 14.8. The Morgan fingerprint density at radius 1 is 1.00 bits per heavy atom. The second-order valence-corrected chi connectivity index (χ2v) is 15.7. The van der Waals surface area contributed by atoms with Crippen molar-refractivity contribution in [2.45, 2.75) is 99.0 Å². The Kier molecular flexibility index (Phi) is 5.99. The summed E-state index contributed by atoms with van der Waals surface area (Å²) in [7, 11) is 3.56. The van der Waals surface area contributed by atoms with E-state index in [1.165, 1.54) is 0 Å². The molecule has 0 heterocycles. The Labute approximate surface area is 234 Å². The van der Waals surface area contributed by atoms with Gasteiger partial charge < -0.3 is 10.2 Å². The molecule has 6 heteroatoms. The molecule has 0 spiro atoms. The van der Waals surface area contributed by atoms with E-state index in [4.69, 9.17) is 0 Å². The van der Waals surface area contributed by atoms with Crippen molar-refractivity contribution in [2.75, 3.05) is 14.1 Å². The van der Waals surface area contributed by atoms with Crippen molar-refractivity contribution in [3.63, 3.8) is 0 Å². The van der Waals surface area contributed by atoms with Crippen LogP contribution in [0.1, 0.15) is 93.4 Å².